The van der Waals surface area contributed by atoms with Gasteiger partial charge in [0.2, 0.25) is 0 Å². The SMILES string of the molecule is Cc1cc(C(=O)NCC(Cc2ccccc2)C(=O)O)nn1C. The number of hydrogen-bond acceptors (Lipinski definition) is 3. The van der Waals surface area contributed by atoms with Gasteiger partial charge in [0.15, 0.2) is 0 Å². The molecular formula is C16H19N3O3. The Morgan fingerprint density at radius 3 is 2.55 bits per heavy atom. The Balaban J connectivity index is 1.97. The van der Waals surface area contributed by atoms with Crippen LogP contribution in [0.3, 0.4) is 0 Å². The first-order chi connectivity index (χ1) is 10.5. The van der Waals surface area contributed by atoms with E-state index in [-0.39, 0.29) is 12.5 Å². The Kier molecular flexibility index (Phi) is 4.93. The van der Waals surface area contributed by atoms with Gasteiger partial charge in [0, 0.05) is 19.3 Å². The summed E-state index contributed by atoms with van der Waals surface area (Å²) in [7, 11) is 1.75. The van der Waals surface area contributed by atoms with Crippen molar-refractivity contribution in [2.75, 3.05) is 6.54 Å². The molecule has 1 aromatic carbocycles. The van der Waals surface area contributed by atoms with E-state index in [9.17, 15) is 14.7 Å². The number of aryl methyl sites for hydroxylation is 2. The topological polar surface area (TPSA) is 84.2 Å². The predicted molar refractivity (Wildman–Crippen MR) is 81.6 cm³/mol. The van der Waals surface area contributed by atoms with Gasteiger partial charge in [-0.15, -0.1) is 0 Å². The van der Waals surface area contributed by atoms with Crippen molar-refractivity contribution in [3.8, 4) is 0 Å². The van der Waals surface area contributed by atoms with Gasteiger partial charge in [-0.2, -0.15) is 5.10 Å². The van der Waals surface area contributed by atoms with Crippen molar-refractivity contribution < 1.29 is 14.7 Å². The Bertz CT molecular complexity index is 645. The molecule has 1 heterocycles. The molecule has 1 unspecified atom stereocenters. The number of carboxylic acids is 1. The molecule has 6 nitrogen and oxygen atoms in total. The molecule has 0 aliphatic heterocycles. The number of carboxylic acid groups (broad SMARTS) is 1. The highest BCUT2D eigenvalue weighted by atomic mass is 16.4. The van der Waals surface area contributed by atoms with Gasteiger partial charge in [-0.25, -0.2) is 0 Å². The molecule has 1 atom stereocenters. The van der Waals surface area contributed by atoms with Crippen molar-refractivity contribution in [2.24, 2.45) is 13.0 Å². The molecule has 2 N–H and O–H groups in total. The second-order valence-corrected chi connectivity index (χ2v) is 5.23. The van der Waals surface area contributed by atoms with Crippen LogP contribution in [0.25, 0.3) is 0 Å². The summed E-state index contributed by atoms with van der Waals surface area (Å²) in [5, 5.41) is 16.0. The zero-order chi connectivity index (χ0) is 16.1. The minimum atomic E-state index is -0.929. The van der Waals surface area contributed by atoms with Gasteiger partial charge in [-0.1, -0.05) is 30.3 Å². The Labute approximate surface area is 128 Å². The molecule has 1 amide bonds. The third-order valence-electron chi connectivity index (χ3n) is 3.53. The van der Waals surface area contributed by atoms with Crippen molar-refractivity contribution in [2.45, 2.75) is 13.3 Å². The highest BCUT2D eigenvalue weighted by Gasteiger charge is 2.20. The quantitative estimate of drug-likeness (QED) is 0.844. The average Bonchev–Trinajstić information content (AvgIpc) is 2.83. The number of nitrogens with one attached hydrogen (secondary N) is 1. The summed E-state index contributed by atoms with van der Waals surface area (Å²) in [6, 6.07) is 11.0. The van der Waals surface area contributed by atoms with Gasteiger partial charge in [-0.05, 0) is 25.0 Å². The average molecular weight is 301 g/mol. The second-order valence-electron chi connectivity index (χ2n) is 5.23. The number of rotatable bonds is 6. The van der Waals surface area contributed by atoms with E-state index in [1.165, 1.54) is 0 Å². The molecule has 0 fully saturated rings. The van der Waals surface area contributed by atoms with Crippen molar-refractivity contribution in [1.82, 2.24) is 15.1 Å². The van der Waals surface area contributed by atoms with E-state index in [2.05, 4.69) is 10.4 Å². The summed E-state index contributed by atoms with van der Waals surface area (Å²) in [6.07, 6.45) is 0.373. The normalized spacial score (nSPS) is 11.9. The number of nitrogens with zero attached hydrogens (tertiary/aromatic N) is 2. The van der Waals surface area contributed by atoms with E-state index in [0.717, 1.165) is 11.3 Å². The molecule has 22 heavy (non-hydrogen) atoms. The fourth-order valence-corrected chi connectivity index (χ4v) is 2.12. The third-order valence-corrected chi connectivity index (χ3v) is 3.53. The minimum Gasteiger partial charge on any atom is -0.481 e. The fraction of sp³-hybridized carbons (Fsp3) is 0.312. The molecule has 0 bridgehead atoms. The van der Waals surface area contributed by atoms with Crippen molar-refractivity contribution in [1.29, 1.82) is 0 Å². The van der Waals surface area contributed by atoms with Gasteiger partial charge in [0.1, 0.15) is 5.69 Å². The van der Waals surface area contributed by atoms with E-state index in [1.54, 1.807) is 17.8 Å². The van der Waals surface area contributed by atoms with Gasteiger partial charge < -0.3 is 10.4 Å². The van der Waals surface area contributed by atoms with E-state index in [0.29, 0.717) is 12.1 Å². The molecule has 0 spiro atoms. The van der Waals surface area contributed by atoms with Crippen LogP contribution < -0.4 is 5.32 Å². The van der Waals surface area contributed by atoms with Crippen LogP contribution in [-0.4, -0.2) is 33.3 Å². The van der Waals surface area contributed by atoms with E-state index < -0.39 is 11.9 Å². The van der Waals surface area contributed by atoms with Gasteiger partial charge in [-0.3, -0.25) is 14.3 Å². The van der Waals surface area contributed by atoms with Crippen LogP contribution in [0, 0.1) is 12.8 Å². The number of carbonyl (C=O) groups is 2. The lowest BCUT2D eigenvalue weighted by atomic mass is 9.99. The number of aromatic nitrogens is 2. The van der Waals surface area contributed by atoms with Crippen LogP contribution in [0.15, 0.2) is 36.4 Å². The van der Waals surface area contributed by atoms with Crippen molar-refractivity contribution in [3.63, 3.8) is 0 Å². The lowest BCUT2D eigenvalue weighted by Crippen LogP contribution is -2.34. The second kappa shape index (κ2) is 6.89. The first-order valence-electron chi connectivity index (χ1n) is 7.03. The molecule has 0 saturated carbocycles. The summed E-state index contributed by atoms with van der Waals surface area (Å²) < 4.78 is 1.60. The number of carbonyl (C=O) groups excluding carboxylic acids is 1. The van der Waals surface area contributed by atoms with Gasteiger partial charge in [0.25, 0.3) is 5.91 Å². The zero-order valence-electron chi connectivity index (χ0n) is 12.6. The lowest BCUT2D eigenvalue weighted by molar-refractivity contribution is -0.141. The molecule has 1 aromatic heterocycles. The van der Waals surface area contributed by atoms with Crippen LogP contribution in [0.5, 0.6) is 0 Å². The van der Waals surface area contributed by atoms with Crippen LogP contribution in [-0.2, 0) is 18.3 Å². The molecule has 6 heteroatoms. The molecule has 2 rings (SSSR count). The van der Waals surface area contributed by atoms with E-state index in [1.807, 2.05) is 37.3 Å². The largest absolute Gasteiger partial charge is 0.481 e. The summed E-state index contributed by atoms with van der Waals surface area (Å²) in [5.74, 6) is -1.96. The third kappa shape index (κ3) is 3.94. The standard InChI is InChI=1S/C16H19N3O3/c1-11-8-14(18-19(11)2)15(20)17-10-13(16(21)22)9-12-6-4-3-5-7-12/h3-8,13H,9-10H2,1-2H3,(H,17,20)(H,21,22). The van der Waals surface area contributed by atoms with Crippen LogP contribution in [0.2, 0.25) is 0 Å². The van der Waals surface area contributed by atoms with E-state index in [4.69, 9.17) is 0 Å². The first-order valence-corrected chi connectivity index (χ1v) is 7.03. The minimum absolute atomic E-state index is 0.0681. The Morgan fingerprint density at radius 2 is 2.00 bits per heavy atom. The Morgan fingerprint density at radius 1 is 1.32 bits per heavy atom. The maximum Gasteiger partial charge on any atom is 0.308 e. The smallest absolute Gasteiger partial charge is 0.308 e. The van der Waals surface area contributed by atoms with Crippen molar-refractivity contribution >= 4 is 11.9 Å². The Hall–Kier alpha value is -2.63. The zero-order valence-corrected chi connectivity index (χ0v) is 12.6. The van der Waals surface area contributed by atoms with E-state index >= 15 is 0 Å². The molecule has 0 aliphatic carbocycles. The van der Waals surface area contributed by atoms with Gasteiger partial charge in [0.05, 0.1) is 5.92 Å². The number of benzene rings is 1. The molecule has 0 saturated heterocycles. The monoisotopic (exact) mass is 301 g/mol. The van der Waals surface area contributed by atoms with Crippen LogP contribution in [0.4, 0.5) is 0 Å². The van der Waals surface area contributed by atoms with Gasteiger partial charge >= 0.3 is 5.97 Å². The number of amides is 1. The van der Waals surface area contributed by atoms with Crippen molar-refractivity contribution in [3.05, 3.63) is 53.3 Å². The highest BCUT2D eigenvalue weighted by Crippen LogP contribution is 2.09. The highest BCUT2D eigenvalue weighted by molar-refractivity contribution is 5.92. The first kappa shape index (κ1) is 15.8. The number of aliphatic carboxylic acids is 1. The molecule has 116 valence electrons. The summed E-state index contributed by atoms with van der Waals surface area (Å²) >= 11 is 0. The number of hydrogen-bond donors (Lipinski definition) is 2. The van der Waals surface area contributed by atoms with Crippen LogP contribution >= 0.6 is 0 Å². The molecule has 2 aromatic rings. The maximum absolute atomic E-state index is 12.0. The molecular weight excluding hydrogens is 282 g/mol. The summed E-state index contributed by atoms with van der Waals surface area (Å²) in [5.41, 5.74) is 2.09. The summed E-state index contributed by atoms with van der Waals surface area (Å²) in [6.45, 7) is 1.91. The predicted octanol–water partition coefficient (Wildman–Crippen LogP) is 1.40. The maximum atomic E-state index is 12.0. The summed E-state index contributed by atoms with van der Waals surface area (Å²) in [4.78, 5) is 23.3. The molecule has 0 radical (unpaired) electrons. The molecule has 0 aliphatic rings. The van der Waals surface area contributed by atoms with Crippen LogP contribution in [0.1, 0.15) is 21.7 Å². The fourth-order valence-electron chi connectivity index (χ4n) is 2.12. The lowest BCUT2D eigenvalue weighted by Gasteiger charge is -2.13.